The maximum atomic E-state index is 13.3. The maximum absolute atomic E-state index is 13.3. The van der Waals surface area contributed by atoms with E-state index in [1.807, 2.05) is 152 Å². The Morgan fingerprint density at radius 1 is 0.575 bits per heavy atom. The normalized spacial score (nSPS) is 13.2. The van der Waals surface area contributed by atoms with Crippen LogP contribution in [0.25, 0.3) is 12.2 Å². The van der Waals surface area contributed by atoms with Crippen molar-refractivity contribution in [1.82, 2.24) is 0 Å². The summed E-state index contributed by atoms with van der Waals surface area (Å²) in [6.07, 6.45) is 7.59. The summed E-state index contributed by atoms with van der Waals surface area (Å²) < 4.78 is 40.8. The van der Waals surface area contributed by atoms with Crippen molar-refractivity contribution in [3.05, 3.63) is 177 Å². The van der Waals surface area contributed by atoms with E-state index in [2.05, 4.69) is 15.9 Å². The number of ketones is 2. The van der Waals surface area contributed by atoms with Crippen molar-refractivity contribution >= 4 is 39.6 Å². The summed E-state index contributed by atoms with van der Waals surface area (Å²) in [7, 11) is 0. The molecule has 6 aromatic carbocycles. The van der Waals surface area contributed by atoms with Crippen LogP contribution in [0.4, 0.5) is 0 Å². The van der Waals surface area contributed by atoms with Crippen LogP contribution >= 0.6 is 15.9 Å². The molecule has 384 valence electrons. The van der Waals surface area contributed by atoms with Gasteiger partial charge in [-0.1, -0.05) is 76.6 Å². The first-order valence-electron chi connectivity index (χ1n) is 24.1. The van der Waals surface area contributed by atoms with Crippen LogP contribution in [0.15, 0.2) is 121 Å². The predicted octanol–water partition coefficient (Wildman–Crippen LogP) is 12.5. The number of carbonyl (C=O) groups excluding carboxylic acids is 2. The number of aliphatic hydroxyl groups excluding tert-OH is 2. The van der Waals surface area contributed by atoms with Crippen molar-refractivity contribution in [1.29, 1.82) is 0 Å². The molecule has 3 N–H and O–H groups in total. The van der Waals surface area contributed by atoms with E-state index < -0.39 is 5.60 Å². The van der Waals surface area contributed by atoms with Crippen LogP contribution in [-0.2, 0) is 26.4 Å². The number of carbonyl (C=O) groups is 2. The second kappa shape index (κ2) is 25.5. The number of rotatable bonds is 18. The summed E-state index contributed by atoms with van der Waals surface area (Å²) in [5.41, 5.74) is 6.40. The fourth-order valence-electron chi connectivity index (χ4n) is 7.87. The third kappa shape index (κ3) is 14.8. The van der Waals surface area contributed by atoms with Gasteiger partial charge in [-0.15, -0.1) is 0 Å². The van der Waals surface area contributed by atoms with Crippen molar-refractivity contribution in [3.63, 3.8) is 0 Å². The van der Waals surface area contributed by atoms with Crippen molar-refractivity contribution in [2.45, 2.75) is 93.0 Å². The minimum atomic E-state index is -0.458. The number of hydrogen-bond donors (Lipinski definition) is 3. The number of halogens is 1. The molecule has 0 saturated carbocycles. The van der Waals surface area contributed by atoms with Gasteiger partial charge in [-0.05, 0) is 138 Å². The number of Topliss-reactive ketones (excluding diaryl/α,β-unsaturated/α-hetero) is 2. The van der Waals surface area contributed by atoms with Crippen LogP contribution in [0.1, 0.15) is 107 Å². The molecule has 2 heterocycles. The third-order valence-corrected chi connectivity index (χ3v) is 12.2. The van der Waals surface area contributed by atoms with Gasteiger partial charge in [-0.25, -0.2) is 0 Å². The zero-order chi connectivity index (χ0) is 52.7. The summed E-state index contributed by atoms with van der Waals surface area (Å²) >= 11 is 3.19. The molecule has 0 spiro atoms. The summed E-state index contributed by atoms with van der Waals surface area (Å²) in [4.78, 5) is 25.3. The quantitative estimate of drug-likeness (QED) is 0.0553. The number of phenols is 1. The molecule has 0 saturated heterocycles. The van der Waals surface area contributed by atoms with Crippen molar-refractivity contribution in [3.8, 4) is 46.0 Å². The van der Waals surface area contributed by atoms with Crippen LogP contribution in [0.5, 0.6) is 46.0 Å². The molecule has 0 amide bonds. The smallest absolute Gasteiger partial charge is 0.203 e. The maximum Gasteiger partial charge on any atom is 0.203 e. The molecule has 0 fully saturated rings. The fourth-order valence-corrected chi connectivity index (χ4v) is 8.17. The topological polar surface area (TPSA) is 159 Å². The number of aliphatic hydroxyl groups is 2. The number of alkyl halides is 1. The number of ether oxygens (including phenoxy) is 7. The molecule has 0 bridgehead atoms. The highest BCUT2D eigenvalue weighted by Gasteiger charge is 2.28. The van der Waals surface area contributed by atoms with E-state index in [1.165, 1.54) is 0 Å². The molecule has 0 aromatic heterocycles. The Hall–Kier alpha value is -7.06. The second-order valence-electron chi connectivity index (χ2n) is 18.2. The highest BCUT2D eigenvalue weighted by Crippen LogP contribution is 2.42. The summed E-state index contributed by atoms with van der Waals surface area (Å²) in [5, 5.41) is 29.5. The summed E-state index contributed by atoms with van der Waals surface area (Å²) in [6.45, 7) is 16.6. The molecule has 13 heteroatoms. The second-order valence-corrected chi connectivity index (χ2v) is 18.8. The van der Waals surface area contributed by atoms with E-state index >= 15 is 0 Å². The first-order valence-corrected chi connectivity index (χ1v) is 25.2. The minimum Gasteiger partial charge on any atom is -0.507 e. The van der Waals surface area contributed by atoms with E-state index in [1.54, 1.807) is 36.4 Å². The van der Waals surface area contributed by atoms with Gasteiger partial charge in [0, 0.05) is 23.3 Å². The number of fused-ring (bicyclic) bond motifs is 2. The van der Waals surface area contributed by atoms with Gasteiger partial charge in [0.15, 0.2) is 12.4 Å². The highest BCUT2D eigenvalue weighted by molar-refractivity contribution is 9.09. The lowest BCUT2D eigenvalue weighted by molar-refractivity contribution is 0.0912. The standard InChI is InChI=1S/C30H32O6.C17H17BrO3.C13H16O3/c1-5-33-22-11-12-23(27(16-22)34-18-21-9-7-6-8-10-21)26(32)19-35-29-24-13-14-30(3,4)36-28(24)15-20(2)25(29)17-31;1-2-20-14-8-9-15(16(19)11-18)17(10-14)21-12-13-6-4-3-5-7-13;1-8-6-11-9(12(15)10(8)7-14)4-5-13(2,3)16-11/h6-16,31H,5,17-19H2,1-4H3;3-10H,2,11-12H2,1H3;4-6,14-15H,7H2,1-3H3. The van der Waals surface area contributed by atoms with Crippen LogP contribution in [-0.4, -0.2) is 63.2 Å². The Labute approximate surface area is 436 Å². The molecule has 2 aliphatic rings. The van der Waals surface area contributed by atoms with Gasteiger partial charge in [0.1, 0.15) is 70.4 Å². The van der Waals surface area contributed by atoms with Gasteiger partial charge >= 0.3 is 0 Å². The Morgan fingerprint density at radius 3 is 1.49 bits per heavy atom. The molecule has 2 aliphatic heterocycles. The minimum absolute atomic E-state index is 0.0129. The number of benzene rings is 6. The molecular formula is C60H65BrO12. The van der Waals surface area contributed by atoms with E-state index in [0.717, 1.165) is 22.3 Å². The molecule has 0 unspecified atom stereocenters. The van der Waals surface area contributed by atoms with Gasteiger partial charge in [0.25, 0.3) is 0 Å². The third-order valence-electron chi connectivity index (χ3n) is 11.7. The van der Waals surface area contributed by atoms with E-state index in [4.69, 9.17) is 33.2 Å². The Kier molecular flexibility index (Phi) is 19.3. The largest absolute Gasteiger partial charge is 0.507 e. The van der Waals surface area contributed by atoms with Crippen LogP contribution in [0.2, 0.25) is 0 Å². The van der Waals surface area contributed by atoms with Gasteiger partial charge in [-0.2, -0.15) is 0 Å². The summed E-state index contributed by atoms with van der Waals surface area (Å²) in [6, 6.07) is 33.8. The summed E-state index contributed by atoms with van der Waals surface area (Å²) in [5.74, 6) is 3.93. The Bertz CT molecular complexity index is 2910. The molecule has 0 atom stereocenters. The van der Waals surface area contributed by atoms with E-state index in [-0.39, 0.29) is 48.1 Å². The molecule has 8 rings (SSSR count). The van der Waals surface area contributed by atoms with Gasteiger partial charge in [0.05, 0.1) is 54.0 Å². The molecule has 6 aromatic rings. The lowest BCUT2D eigenvalue weighted by atomic mass is 9.97. The Morgan fingerprint density at radius 2 is 1.03 bits per heavy atom. The van der Waals surface area contributed by atoms with Crippen molar-refractivity contribution < 1.29 is 58.1 Å². The van der Waals surface area contributed by atoms with Crippen LogP contribution in [0, 0.1) is 13.8 Å². The van der Waals surface area contributed by atoms with Crippen molar-refractivity contribution in [2.75, 3.05) is 25.2 Å². The molecule has 12 nitrogen and oxygen atoms in total. The highest BCUT2D eigenvalue weighted by atomic mass is 79.9. The average molecular weight is 1060 g/mol. The monoisotopic (exact) mass is 1060 g/mol. The Balaban J connectivity index is 0.000000198. The average Bonchev–Trinajstić information content (AvgIpc) is 3.37. The molecular weight excluding hydrogens is 993 g/mol. The lowest BCUT2D eigenvalue weighted by Gasteiger charge is -2.30. The number of aryl methyl sites for hydroxylation is 2. The first kappa shape index (κ1) is 55.3. The number of hydrogen-bond acceptors (Lipinski definition) is 12. The number of aromatic hydroxyl groups is 1. The van der Waals surface area contributed by atoms with Crippen molar-refractivity contribution in [2.24, 2.45) is 0 Å². The lowest BCUT2D eigenvalue weighted by Crippen LogP contribution is -2.28. The predicted molar refractivity (Wildman–Crippen MR) is 288 cm³/mol. The zero-order valence-electron chi connectivity index (χ0n) is 42.8. The van der Waals surface area contributed by atoms with Gasteiger partial charge in [-0.3, -0.25) is 9.59 Å². The molecule has 0 radical (unpaired) electrons. The zero-order valence-corrected chi connectivity index (χ0v) is 44.3. The first-order chi connectivity index (χ1) is 35.0. The van der Waals surface area contributed by atoms with E-state index in [9.17, 15) is 24.9 Å². The molecule has 0 aliphatic carbocycles. The molecule has 73 heavy (non-hydrogen) atoms. The SMILES string of the molecule is CCOc1ccc(C(=O)CBr)c(OCc2ccccc2)c1.CCOc1ccc(C(=O)COc2c3c(cc(C)c2CO)OC(C)(C)C=C3)c(OCc2ccccc2)c1.Cc1cc2c(c(O)c1CO)C=CC(C)(C)O2. The van der Waals surface area contributed by atoms with E-state index in [0.29, 0.717) is 100 Å². The van der Waals surface area contributed by atoms with Gasteiger partial charge in [0.2, 0.25) is 5.78 Å². The van der Waals surface area contributed by atoms with Crippen LogP contribution < -0.4 is 33.2 Å². The van der Waals surface area contributed by atoms with Gasteiger partial charge < -0.3 is 48.5 Å². The van der Waals surface area contributed by atoms with Crippen LogP contribution in [0.3, 0.4) is 0 Å². The fraction of sp³-hybridized carbons (Fsp3) is 0.300.